The standard InChI is InChI=1S/C30H40N6O6S/c1-6-42-28(38)25-18(2)31-30(43-25)34-29-32-26(35-13-10-20(37)11-14-35)21-9-7-8-12-36(27(21)33-29)17-19-15-22(39-3)24(41-5)23(16-19)40-4/h15-16,20,37H,6-14,17H2,1-5H3,(H,31,32,33,34). The lowest BCUT2D eigenvalue weighted by Gasteiger charge is -2.33. The quantitative estimate of drug-likeness (QED) is 0.313. The van der Waals surface area contributed by atoms with E-state index in [0.717, 1.165) is 48.6 Å². The van der Waals surface area contributed by atoms with E-state index in [1.54, 1.807) is 35.2 Å². The van der Waals surface area contributed by atoms with Gasteiger partial charge in [0.15, 0.2) is 16.6 Å². The summed E-state index contributed by atoms with van der Waals surface area (Å²) in [5, 5.41) is 14.0. The Kier molecular flexibility index (Phi) is 9.71. The third kappa shape index (κ3) is 6.72. The molecule has 2 aromatic heterocycles. The number of esters is 1. The van der Waals surface area contributed by atoms with Gasteiger partial charge in [-0.05, 0) is 63.6 Å². The Morgan fingerprint density at radius 3 is 2.37 bits per heavy atom. The van der Waals surface area contributed by atoms with E-state index in [1.807, 2.05) is 12.1 Å². The Hall–Kier alpha value is -3.84. The summed E-state index contributed by atoms with van der Waals surface area (Å²) in [5.41, 5.74) is 2.68. The molecule has 0 radical (unpaired) electrons. The average Bonchev–Trinajstić information content (AvgIpc) is 3.26. The van der Waals surface area contributed by atoms with Gasteiger partial charge in [-0.2, -0.15) is 9.97 Å². The molecule has 232 valence electrons. The molecule has 0 amide bonds. The number of hydrogen-bond donors (Lipinski definition) is 2. The lowest BCUT2D eigenvalue weighted by Crippen LogP contribution is -2.37. The van der Waals surface area contributed by atoms with E-state index in [9.17, 15) is 9.90 Å². The van der Waals surface area contributed by atoms with Crippen molar-refractivity contribution in [3.63, 3.8) is 0 Å². The number of nitrogens with zero attached hydrogens (tertiary/aromatic N) is 5. The van der Waals surface area contributed by atoms with Crippen LogP contribution in [0.5, 0.6) is 17.2 Å². The SMILES string of the molecule is CCOC(=O)c1sc(Nc2nc(N3CCC(O)CC3)c3c(n2)N(Cc2cc(OC)c(OC)c(OC)c2)CCCC3)nc1C. The fraction of sp³-hybridized carbons (Fsp3) is 0.533. The third-order valence-corrected chi connectivity index (χ3v) is 8.76. The predicted molar refractivity (Wildman–Crippen MR) is 166 cm³/mol. The number of aliphatic hydroxyl groups is 1. The van der Waals surface area contributed by atoms with Gasteiger partial charge in [0.2, 0.25) is 11.7 Å². The Balaban J connectivity index is 1.55. The van der Waals surface area contributed by atoms with Gasteiger partial charge in [0.1, 0.15) is 16.5 Å². The number of rotatable bonds is 10. The van der Waals surface area contributed by atoms with Gasteiger partial charge < -0.3 is 33.9 Å². The van der Waals surface area contributed by atoms with Crippen LogP contribution in [0.3, 0.4) is 0 Å². The van der Waals surface area contributed by atoms with Crippen LogP contribution in [0, 0.1) is 6.92 Å². The summed E-state index contributed by atoms with van der Waals surface area (Å²) >= 11 is 1.22. The number of nitrogens with one attached hydrogen (secondary N) is 1. The van der Waals surface area contributed by atoms with Gasteiger partial charge in [0.25, 0.3) is 0 Å². The zero-order chi connectivity index (χ0) is 30.5. The van der Waals surface area contributed by atoms with Crippen molar-refractivity contribution >= 4 is 40.0 Å². The number of carbonyl (C=O) groups excluding carboxylic acids is 1. The molecule has 2 aliphatic rings. The molecule has 1 saturated heterocycles. The van der Waals surface area contributed by atoms with Crippen molar-refractivity contribution in [3.8, 4) is 17.2 Å². The zero-order valence-corrected chi connectivity index (χ0v) is 26.3. The highest BCUT2D eigenvalue weighted by Gasteiger charge is 2.28. The van der Waals surface area contributed by atoms with Gasteiger partial charge >= 0.3 is 5.97 Å². The third-order valence-electron chi connectivity index (χ3n) is 7.71. The molecule has 3 aromatic rings. The second-order valence-electron chi connectivity index (χ2n) is 10.6. The van der Waals surface area contributed by atoms with Gasteiger partial charge in [-0.15, -0.1) is 0 Å². The summed E-state index contributed by atoms with van der Waals surface area (Å²) < 4.78 is 22.0. The maximum Gasteiger partial charge on any atom is 0.350 e. The van der Waals surface area contributed by atoms with Crippen LogP contribution in [0.15, 0.2) is 12.1 Å². The number of hydrogen-bond acceptors (Lipinski definition) is 13. The molecular formula is C30H40N6O6S. The second-order valence-corrected chi connectivity index (χ2v) is 11.6. The molecule has 0 unspecified atom stereocenters. The molecule has 2 N–H and O–H groups in total. The highest BCUT2D eigenvalue weighted by atomic mass is 32.1. The molecule has 1 fully saturated rings. The number of fused-ring (bicyclic) bond motifs is 1. The maximum atomic E-state index is 12.4. The van der Waals surface area contributed by atoms with Gasteiger partial charge in [-0.25, -0.2) is 9.78 Å². The molecule has 13 heteroatoms. The van der Waals surface area contributed by atoms with Crippen LogP contribution in [0.4, 0.5) is 22.7 Å². The minimum atomic E-state index is -0.391. The molecule has 43 heavy (non-hydrogen) atoms. The van der Waals surface area contributed by atoms with Crippen LogP contribution >= 0.6 is 11.3 Å². The number of aromatic nitrogens is 3. The van der Waals surface area contributed by atoms with Crippen molar-refractivity contribution in [3.05, 3.63) is 33.8 Å². The van der Waals surface area contributed by atoms with Gasteiger partial charge in [0.05, 0.1) is 39.7 Å². The molecular weight excluding hydrogens is 572 g/mol. The number of anilines is 4. The summed E-state index contributed by atoms with van der Waals surface area (Å²) in [7, 11) is 4.82. The van der Waals surface area contributed by atoms with Crippen molar-refractivity contribution in [2.24, 2.45) is 0 Å². The van der Waals surface area contributed by atoms with E-state index in [-0.39, 0.29) is 6.10 Å². The first-order valence-corrected chi connectivity index (χ1v) is 15.5. The van der Waals surface area contributed by atoms with Crippen LogP contribution in [0.2, 0.25) is 0 Å². The van der Waals surface area contributed by atoms with Crippen LogP contribution in [0.1, 0.15) is 59.1 Å². The molecule has 1 aromatic carbocycles. The minimum absolute atomic E-state index is 0.294. The lowest BCUT2D eigenvalue weighted by atomic mass is 10.1. The maximum absolute atomic E-state index is 12.4. The number of piperidine rings is 1. The lowest BCUT2D eigenvalue weighted by molar-refractivity contribution is 0.0531. The summed E-state index contributed by atoms with van der Waals surface area (Å²) in [6.07, 6.45) is 3.92. The molecule has 5 rings (SSSR count). The number of aryl methyl sites for hydroxylation is 1. The van der Waals surface area contributed by atoms with E-state index >= 15 is 0 Å². The molecule has 0 aliphatic carbocycles. The number of carbonyl (C=O) groups is 1. The van der Waals surface area contributed by atoms with E-state index in [4.69, 9.17) is 28.9 Å². The fourth-order valence-electron chi connectivity index (χ4n) is 5.58. The van der Waals surface area contributed by atoms with Gasteiger partial charge in [0, 0.05) is 31.7 Å². The first kappa shape index (κ1) is 30.6. The molecule has 0 atom stereocenters. The summed E-state index contributed by atoms with van der Waals surface area (Å²) in [6, 6.07) is 3.93. The van der Waals surface area contributed by atoms with Crippen LogP contribution in [-0.2, 0) is 17.7 Å². The van der Waals surface area contributed by atoms with Gasteiger partial charge in [-0.3, -0.25) is 5.32 Å². The monoisotopic (exact) mass is 612 g/mol. The number of ether oxygens (including phenoxy) is 4. The molecule has 4 heterocycles. The summed E-state index contributed by atoms with van der Waals surface area (Å²) in [5.74, 6) is 3.48. The second kappa shape index (κ2) is 13.6. The molecule has 2 aliphatic heterocycles. The first-order valence-electron chi connectivity index (χ1n) is 14.6. The Morgan fingerprint density at radius 1 is 1.02 bits per heavy atom. The summed E-state index contributed by atoms with van der Waals surface area (Å²) in [4.78, 5) is 32.0. The van der Waals surface area contributed by atoms with Crippen LogP contribution in [-0.4, -0.2) is 79.7 Å². The predicted octanol–water partition coefficient (Wildman–Crippen LogP) is 4.49. The van der Waals surface area contributed by atoms with Crippen molar-refractivity contribution in [1.29, 1.82) is 0 Å². The topological polar surface area (TPSA) is 131 Å². The van der Waals surface area contributed by atoms with E-state index in [1.165, 1.54) is 11.3 Å². The number of methoxy groups -OCH3 is 3. The Morgan fingerprint density at radius 2 is 1.72 bits per heavy atom. The number of thiazole rings is 1. The molecule has 0 bridgehead atoms. The largest absolute Gasteiger partial charge is 0.493 e. The molecule has 0 saturated carbocycles. The van der Waals surface area contributed by atoms with Crippen molar-refractivity contribution < 1.29 is 28.8 Å². The van der Waals surface area contributed by atoms with Gasteiger partial charge in [-0.1, -0.05) is 11.3 Å². The molecule has 0 spiro atoms. The van der Waals surface area contributed by atoms with Crippen molar-refractivity contribution in [2.45, 2.75) is 58.6 Å². The van der Waals surface area contributed by atoms with E-state index in [2.05, 4.69) is 20.1 Å². The Labute approximate surface area is 256 Å². The fourth-order valence-corrected chi connectivity index (χ4v) is 6.44. The highest BCUT2D eigenvalue weighted by Crippen LogP contribution is 2.40. The van der Waals surface area contributed by atoms with Crippen LogP contribution in [0.25, 0.3) is 0 Å². The average molecular weight is 613 g/mol. The van der Waals surface area contributed by atoms with E-state index < -0.39 is 5.97 Å². The van der Waals surface area contributed by atoms with Crippen molar-refractivity contribution in [2.75, 3.05) is 62.7 Å². The smallest absolute Gasteiger partial charge is 0.350 e. The first-order chi connectivity index (χ1) is 20.8. The summed E-state index contributed by atoms with van der Waals surface area (Å²) in [6.45, 7) is 6.66. The van der Waals surface area contributed by atoms with E-state index in [0.29, 0.717) is 78.0 Å². The van der Waals surface area contributed by atoms with Crippen LogP contribution < -0.4 is 29.3 Å². The molecule has 12 nitrogen and oxygen atoms in total. The Bertz CT molecular complexity index is 1420. The number of aliphatic hydroxyl groups excluding tert-OH is 1. The zero-order valence-electron chi connectivity index (χ0n) is 25.4. The highest BCUT2D eigenvalue weighted by molar-refractivity contribution is 7.17. The normalized spacial score (nSPS) is 15.5. The number of benzene rings is 1. The van der Waals surface area contributed by atoms with Crippen molar-refractivity contribution in [1.82, 2.24) is 15.0 Å². The minimum Gasteiger partial charge on any atom is -0.493 e.